The first-order valence-electron chi connectivity index (χ1n) is 7.73. The normalized spacial score (nSPS) is 13.2. The summed E-state index contributed by atoms with van der Waals surface area (Å²) in [5.74, 6) is -0.427. The Morgan fingerprint density at radius 3 is 2.46 bits per heavy atom. The van der Waals surface area contributed by atoms with Gasteiger partial charge >= 0.3 is 5.69 Å². The van der Waals surface area contributed by atoms with Crippen LogP contribution in [-0.2, 0) is 24.1 Å². The number of benzene rings is 1. The Hall–Kier alpha value is -2.30. The molecule has 0 amide bonds. The molecule has 0 radical (unpaired) electrons. The number of nitrogens with one attached hydrogen (secondary N) is 1. The van der Waals surface area contributed by atoms with Crippen LogP contribution in [0.15, 0.2) is 44.9 Å². The molecule has 0 aliphatic rings. The largest absolute Gasteiger partial charge is 0.330 e. The topological polar surface area (TPSA) is 93.4 Å². The summed E-state index contributed by atoms with van der Waals surface area (Å²) in [5.41, 5.74) is -0.946. The lowest BCUT2D eigenvalue weighted by molar-refractivity contribution is 0.298. The molecule has 1 heterocycles. The van der Waals surface area contributed by atoms with Crippen LogP contribution in [0, 0.1) is 5.82 Å². The average molecular weight is 384 g/mol. The van der Waals surface area contributed by atoms with E-state index in [1.165, 1.54) is 26.2 Å². The fourth-order valence-corrected chi connectivity index (χ4v) is 3.73. The minimum atomic E-state index is -4.16. The quantitative estimate of drug-likeness (QED) is 0.745. The number of nitrogens with zero attached hydrogens (tertiary/aromatic N) is 3. The molecule has 1 aromatic heterocycles. The summed E-state index contributed by atoms with van der Waals surface area (Å²) < 4.78 is 42.7. The molecule has 0 aliphatic heterocycles. The number of aryl methyl sites for hydroxylation is 1. The first-order valence-corrected chi connectivity index (χ1v) is 9.21. The fourth-order valence-electron chi connectivity index (χ4n) is 2.54. The van der Waals surface area contributed by atoms with Crippen molar-refractivity contribution in [3.8, 4) is 0 Å². The van der Waals surface area contributed by atoms with Crippen LogP contribution < -0.4 is 16.0 Å². The van der Waals surface area contributed by atoms with Gasteiger partial charge in [0.2, 0.25) is 10.0 Å². The van der Waals surface area contributed by atoms with Crippen molar-refractivity contribution >= 4 is 10.0 Å². The van der Waals surface area contributed by atoms with Crippen molar-refractivity contribution in [2.24, 2.45) is 14.1 Å². The molecule has 10 heteroatoms. The highest BCUT2D eigenvalue weighted by Crippen LogP contribution is 2.19. The zero-order valence-electron chi connectivity index (χ0n) is 14.9. The van der Waals surface area contributed by atoms with Crippen LogP contribution in [-0.4, -0.2) is 43.1 Å². The van der Waals surface area contributed by atoms with Gasteiger partial charge in [-0.15, -0.1) is 0 Å². The van der Waals surface area contributed by atoms with E-state index in [-0.39, 0.29) is 6.54 Å². The van der Waals surface area contributed by atoms with Crippen molar-refractivity contribution in [3.05, 3.63) is 62.7 Å². The highest BCUT2D eigenvalue weighted by molar-refractivity contribution is 7.89. The van der Waals surface area contributed by atoms with E-state index in [0.29, 0.717) is 5.56 Å². The van der Waals surface area contributed by atoms with Gasteiger partial charge in [0.05, 0.1) is 0 Å². The van der Waals surface area contributed by atoms with Gasteiger partial charge in [0.15, 0.2) is 4.90 Å². The number of likely N-dealkylation sites (N-methyl/N-ethyl adjacent to an activating group) is 1. The Kier molecular flexibility index (Phi) is 5.79. The summed E-state index contributed by atoms with van der Waals surface area (Å²) in [7, 11) is 1.86. The van der Waals surface area contributed by atoms with Crippen LogP contribution in [0.5, 0.6) is 0 Å². The van der Waals surface area contributed by atoms with Gasteiger partial charge < -0.3 is 9.47 Å². The minimum Gasteiger partial charge on any atom is -0.302 e. The van der Waals surface area contributed by atoms with Crippen LogP contribution in [0.25, 0.3) is 0 Å². The van der Waals surface area contributed by atoms with Gasteiger partial charge in [-0.1, -0.05) is 12.1 Å². The highest BCUT2D eigenvalue weighted by atomic mass is 32.2. The third-order valence-electron chi connectivity index (χ3n) is 4.03. The Morgan fingerprint density at radius 1 is 1.23 bits per heavy atom. The fraction of sp³-hybridized carbons (Fsp3) is 0.375. The zero-order valence-corrected chi connectivity index (χ0v) is 15.7. The molecule has 142 valence electrons. The van der Waals surface area contributed by atoms with Gasteiger partial charge in [0.1, 0.15) is 5.82 Å². The summed E-state index contributed by atoms with van der Waals surface area (Å²) in [4.78, 5) is 25.1. The maximum Gasteiger partial charge on any atom is 0.330 e. The van der Waals surface area contributed by atoms with Gasteiger partial charge in [-0.2, -0.15) is 0 Å². The van der Waals surface area contributed by atoms with Crippen molar-refractivity contribution in [2.75, 3.05) is 20.6 Å². The van der Waals surface area contributed by atoms with E-state index in [1.54, 1.807) is 31.1 Å². The Morgan fingerprint density at radius 2 is 1.88 bits per heavy atom. The lowest BCUT2D eigenvalue weighted by Crippen LogP contribution is -2.42. The van der Waals surface area contributed by atoms with Gasteiger partial charge in [0, 0.05) is 32.9 Å². The molecule has 1 aromatic carbocycles. The average Bonchev–Trinajstić information content (AvgIpc) is 2.56. The van der Waals surface area contributed by atoms with Crippen molar-refractivity contribution < 1.29 is 12.8 Å². The molecule has 0 bridgehead atoms. The van der Waals surface area contributed by atoms with E-state index in [1.807, 2.05) is 0 Å². The number of rotatable bonds is 6. The van der Waals surface area contributed by atoms with Crippen molar-refractivity contribution in [2.45, 2.75) is 10.9 Å². The van der Waals surface area contributed by atoms with E-state index in [9.17, 15) is 22.4 Å². The molecule has 2 aromatic rings. The van der Waals surface area contributed by atoms with Gasteiger partial charge in [0.25, 0.3) is 5.56 Å². The lowest BCUT2D eigenvalue weighted by atomic mass is 10.1. The Balaban J connectivity index is 2.35. The van der Waals surface area contributed by atoms with Gasteiger partial charge in [-0.25, -0.2) is 22.3 Å². The monoisotopic (exact) mass is 384 g/mol. The van der Waals surface area contributed by atoms with Crippen molar-refractivity contribution in [1.29, 1.82) is 0 Å². The molecule has 1 N–H and O–H groups in total. The molecule has 0 aliphatic carbocycles. The molecule has 8 nitrogen and oxygen atoms in total. The van der Waals surface area contributed by atoms with Crippen LogP contribution in [0.1, 0.15) is 11.6 Å². The number of hydrogen-bond donors (Lipinski definition) is 1. The molecule has 0 saturated carbocycles. The van der Waals surface area contributed by atoms with Gasteiger partial charge in [-0.3, -0.25) is 9.36 Å². The second kappa shape index (κ2) is 7.52. The van der Waals surface area contributed by atoms with Crippen LogP contribution in [0.2, 0.25) is 0 Å². The Bertz CT molecular complexity index is 1030. The van der Waals surface area contributed by atoms with E-state index >= 15 is 0 Å². The summed E-state index contributed by atoms with van der Waals surface area (Å²) in [5, 5.41) is 0. The number of halogens is 1. The maximum atomic E-state index is 13.5. The molecule has 1 unspecified atom stereocenters. The van der Waals surface area contributed by atoms with Crippen LogP contribution >= 0.6 is 0 Å². The predicted molar refractivity (Wildman–Crippen MR) is 94.9 cm³/mol. The molecule has 26 heavy (non-hydrogen) atoms. The van der Waals surface area contributed by atoms with E-state index in [0.717, 1.165) is 15.3 Å². The number of aromatic nitrogens is 2. The number of hydrogen-bond acceptors (Lipinski definition) is 5. The molecule has 2 rings (SSSR count). The molecular formula is C16H21FN4O4S. The maximum absolute atomic E-state index is 13.5. The predicted octanol–water partition coefficient (Wildman–Crippen LogP) is -0.196. The summed E-state index contributed by atoms with van der Waals surface area (Å²) >= 11 is 0. The Labute approximate surface area is 150 Å². The van der Waals surface area contributed by atoms with E-state index < -0.39 is 38.0 Å². The molecule has 0 saturated heterocycles. The zero-order chi connectivity index (χ0) is 19.6. The third-order valence-corrected chi connectivity index (χ3v) is 5.43. The summed E-state index contributed by atoms with van der Waals surface area (Å²) in [6, 6.07) is 5.40. The minimum absolute atomic E-state index is 0.0786. The van der Waals surface area contributed by atoms with Crippen molar-refractivity contribution in [3.63, 3.8) is 0 Å². The summed E-state index contributed by atoms with van der Waals surface area (Å²) in [6.07, 6.45) is 0.986. The van der Waals surface area contributed by atoms with E-state index in [2.05, 4.69) is 4.72 Å². The molecule has 0 fully saturated rings. The lowest BCUT2D eigenvalue weighted by Gasteiger charge is -2.25. The molecule has 1 atom stereocenters. The van der Waals surface area contributed by atoms with Gasteiger partial charge in [-0.05, 0) is 31.8 Å². The second-order valence-corrected chi connectivity index (χ2v) is 7.87. The number of sulfonamides is 1. The first kappa shape index (κ1) is 20.0. The molecular weight excluding hydrogens is 363 g/mol. The van der Waals surface area contributed by atoms with Crippen LogP contribution in [0.3, 0.4) is 0 Å². The molecule has 0 spiro atoms. The van der Waals surface area contributed by atoms with Crippen molar-refractivity contribution in [1.82, 2.24) is 18.8 Å². The van der Waals surface area contributed by atoms with E-state index in [4.69, 9.17) is 0 Å². The second-order valence-electron chi connectivity index (χ2n) is 6.14. The van der Waals surface area contributed by atoms with Crippen LogP contribution in [0.4, 0.5) is 4.39 Å². The summed E-state index contributed by atoms with van der Waals surface area (Å²) in [6.45, 7) is -0.0786. The first-order chi connectivity index (χ1) is 12.0. The SMILES string of the molecule is CN(C)C(CNS(=O)(=O)c1cn(C)c(=O)n(C)c1=O)c1cccc(F)c1. The highest BCUT2D eigenvalue weighted by Gasteiger charge is 2.24. The third kappa shape index (κ3) is 4.09. The smallest absolute Gasteiger partial charge is 0.302 e. The standard InChI is InChI=1S/C16H21FN4O4S/c1-19(2)13(11-6-5-7-12(17)8-11)9-18-26(24,25)14-10-20(3)16(23)21(4)15(14)22/h5-8,10,13,18H,9H2,1-4H3.